The predicted octanol–water partition coefficient (Wildman–Crippen LogP) is 0.0218. The fourth-order valence-corrected chi connectivity index (χ4v) is 0.751. The van der Waals surface area contributed by atoms with Crippen LogP contribution in [0.2, 0.25) is 0 Å². The summed E-state index contributed by atoms with van der Waals surface area (Å²) in [6, 6.07) is 3.67. The smallest absolute Gasteiger partial charge is 0.141 e. The maximum absolute atomic E-state index is 5.42. The van der Waals surface area contributed by atoms with Crippen molar-refractivity contribution in [1.82, 2.24) is 4.98 Å². The van der Waals surface area contributed by atoms with Crippen LogP contribution in [-0.4, -0.2) is 19.9 Å². The molecule has 0 N–H and O–H groups in total. The number of rotatable bonds is 2. The van der Waals surface area contributed by atoms with E-state index in [9.17, 15) is 0 Å². The molecule has 1 rings (SSSR count). The lowest BCUT2D eigenvalue weighted by molar-refractivity contribution is 0.185. The molecular weight excluding hydrogens is 125 g/mol. The van der Waals surface area contributed by atoms with Gasteiger partial charge in [0.15, 0.2) is 0 Å². The molecule has 0 fully saturated rings. The van der Waals surface area contributed by atoms with Crippen molar-refractivity contribution in [3.8, 4) is 0 Å². The van der Waals surface area contributed by atoms with Gasteiger partial charge in [-0.2, -0.15) is 0 Å². The molecule has 0 aliphatic heterocycles. The molecule has 1 heterocycles. The minimum Gasteiger partial charge on any atom is -0.380 e. The lowest BCUT2D eigenvalue weighted by Crippen LogP contribution is -2.07. The summed E-state index contributed by atoms with van der Waals surface area (Å²) >= 11 is 0. The van der Waals surface area contributed by atoms with E-state index in [1.807, 2.05) is 6.07 Å². The standard InChI is InChI=1S/C7H8BNO/c1-10-5-6-2-3-9-7(8)4-6/h2-4H,5H2,1H3. The molecule has 0 amide bonds. The first-order valence-electron chi connectivity index (χ1n) is 3.02. The first-order valence-corrected chi connectivity index (χ1v) is 3.02. The number of hydrogen-bond donors (Lipinski definition) is 0. The van der Waals surface area contributed by atoms with Crippen molar-refractivity contribution in [1.29, 1.82) is 0 Å². The van der Waals surface area contributed by atoms with E-state index in [0.717, 1.165) is 5.56 Å². The van der Waals surface area contributed by atoms with Crippen molar-refractivity contribution in [3.63, 3.8) is 0 Å². The van der Waals surface area contributed by atoms with Crippen molar-refractivity contribution in [2.24, 2.45) is 0 Å². The summed E-state index contributed by atoms with van der Waals surface area (Å²) in [5, 5.41) is 0. The molecule has 0 aliphatic carbocycles. The first kappa shape index (κ1) is 7.28. The molecule has 2 radical (unpaired) electrons. The van der Waals surface area contributed by atoms with E-state index in [2.05, 4.69) is 4.98 Å². The Hall–Kier alpha value is -0.825. The predicted molar refractivity (Wildman–Crippen MR) is 40.3 cm³/mol. The number of methoxy groups -OCH3 is 1. The van der Waals surface area contributed by atoms with Crippen molar-refractivity contribution in [3.05, 3.63) is 23.9 Å². The van der Waals surface area contributed by atoms with Gasteiger partial charge in [0.05, 0.1) is 6.61 Å². The monoisotopic (exact) mass is 133 g/mol. The van der Waals surface area contributed by atoms with Crippen LogP contribution >= 0.6 is 0 Å². The molecule has 0 spiro atoms. The summed E-state index contributed by atoms with van der Waals surface area (Å²) < 4.78 is 4.90. The van der Waals surface area contributed by atoms with Gasteiger partial charge in [0.1, 0.15) is 7.85 Å². The summed E-state index contributed by atoms with van der Waals surface area (Å²) in [5.74, 6) is 0. The second-order valence-electron chi connectivity index (χ2n) is 2.02. The summed E-state index contributed by atoms with van der Waals surface area (Å²) in [5.41, 5.74) is 1.59. The van der Waals surface area contributed by atoms with Crippen LogP contribution in [0, 0.1) is 0 Å². The molecular formula is C7H8BNO. The Morgan fingerprint density at radius 3 is 3.10 bits per heavy atom. The Bertz CT molecular complexity index is 215. The van der Waals surface area contributed by atoms with Crippen LogP contribution in [0.5, 0.6) is 0 Å². The van der Waals surface area contributed by atoms with E-state index < -0.39 is 0 Å². The lowest BCUT2D eigenvalue weighted by atomic mass is 10.0. The van der Waals surface area contributed by atoms with Gasteiger partial charge in [-0.1, -0.05) is 0 Å². The maximum Gasteiger partial charge on any atom is 0.141 e. The Labute approximate surface area is 61.6 Å². The normalized spacial score (nSPS) is 9.70. The van der Waals surface area contributed by atoms with E-state index in [0.29, 0.717) is 12.2 Å². The van der Waals surface area contributed by atoms with E-state index in [1.165, 1.54) is 0 Å². The fraction of sp³-hybridized carbons (Fsp3) is 0.286. The SMILES string of the molecule is [B]c1cc(COC)ccn1. The van der Waals surface area contributed by atoms with Gasteiger partial charge in [-0.15, -0.1) is 0 Å². The molecule has 0 aromatic carbocycles. The van der Waals surface area contributed by atoms with E-state index in [4.69, 9.17) is 12.6 Å². The van der Waals surface area contributed by atoms with Gasteiger partial charge in [0.25, 0.3) is 0 Å². The number of ether oxygens (including phenoxy) is 1. The molecule has 0 atom stereocenters. The molecule has 0 aliphatic rings. The third kappa shape index (κ3) is 1.85. The Morgan fingerprint density at radius 2 is 2.50 bits per heavy atom. The molecule has 0 bridgehead atoms. The van der Waals surface area contributed by atoms with Gasteiger partial charge in [0.2, 0.25) is 0 Å². The van der Waals surface area contributed by atoms with Gasteiger partial charge >= 0.3 is 0 Å². The van der Waals surface area contributed by atoms with Crippen LogP contribution in [0.1, 0.15) is 5.56 Å². The number of nitrogens with zero attached hydrogens (tertiary/aromatic N) is 1. The lowest BCUT2D eigenvalue weighted by Gasteiger charge is -1.98. The van der Waals surface area contributed by atoms with Crippen LogP contribution < -0.4 is 5.59 Å². The Morgan fingerprint density at radius 1 is 1.70 bits per heavy atom. The number of pyridine rings is 1. The second kappa shape index (κ2) is 3.37. The Balaban J connectivity index is 2.75. The van der Waals surface area contributed by atoms with Crippen LogP contribution in [-0.2, 0) is 11.3 Å². The van der Waals surface area contributed by atoms with Crippen LogP contribution in [0.3, 0.4) is 0 Å². The van der Waals surface area contributed by atoms with Gasteiger partial charge in [-0.3, -0.25) is 4.98 Å². The van der Waals surface area contributed by atoms with Crippen molar-refractivity contribution >= 4 is 13.4 Å². The highest BCUT2D eigenvalue weighted by Gasteiger charge is 1.89. The zero-order valence-corrected chi connectivity index (χ0v) is 5.87. The molecule has 1 aromatic rings. The minimum absolute atomic E-state index is 0.537. The quantitative estimate of drug-likeness (QED) is 0.530. The molecule has 2 nitrogen and oxygen atoms in total. The average molecular weight is 133 g/mol. The number of aromatic nitrogens is 1. The highest BCUT2D eigenvalue weighted by molar-refractivity contribution is 6.30. The third-order valence-electron chi connectivity index (χ3n) is 1.16. The van der Waals surface area contributed by atoms with Gasteiger partial charge < -0.3 is 4.74 Å². The van der Waals surface area contributed by atoms with E-state index in [1.54, 1.807) is 19.4 Å². The fourth-order valence-electron chi connectivity index (χ4n) is 0.751. The third-order valence-corrected chi connectivity index (χ3v) is 1.16. The molecule has 10 heavy (non-hydrogen) atoms. The summed E-state index contributed by atoms with van der Waals surface area (Å²) in [6.07, 6.45) is 1.67. The molecule has 0 unspecified atom stereocenters. The summed E-state index contributed by atoms with van der Waals surface area (Å²) in [6.45, 7) is 0.590. The summed E-state index contributed by atoms with van der Waals surface area (Å²) in [4.78, 5) is 3.84. The van der Waals surface area contributed by atoms with Crippen molar-refractivity contribution in [2.75, 3.05) is 7.11 Å². The molecule has 0 saturated heterocycles. The molecule has 3 heteroatoms. The molecule has 1 aromatic heterocycles. The van der Waals surface area contributed by atoms with Gasteiger partial charge in [-0.05, 0) is 23.3 Å². The second-order valence-corrected chi connectivity index (χ2v) is 2.02. The first-order chi connectivity index (χ1) is 4.83. The Kier molecular flexibility index (Phi) is 2.45. The van der Waals surface area contributed by atoms with Gasteiger partial charge in [-0.25, -0.2) is 0 Å². The summed E-state index contributed by atoms with van der Waals surface area (Å²) in [7, 11) is 7.07. The van der Waals surface area contributed by atoms with Crippen LogP contribution in [0.15, 0.2) is 18.3 Å². The maximum atomic E-state index is 5.42. The zero-order valence-electron chi connectivity index (χ0n) is 5.87. The van der Waals surface area contributed by atoms with E-state index >= 15 is 0 Å². The van der Waals surface area contributed by atoms with Crippen LogP contribution in [0.4, 0.5) is 0 Å². The van der Waals surface area contributed by atoms with Crippen molar-refractivity contribution in [2.45, 2.75) is 6.61 Å². The largest absolute Gasteiger partial charge is 0.380 e. The van der Waals surface area contributed by atoms with E-state index in [-0.39, 0.29) is 0 Å². The van der Waals surface area contributed by atoms with Crippen LogP contribution in [0.25, 0.3) is 0 Å². The highest BCUT2D eigenvalue weighted by atomic mass is 16.5. The number of hydrogen-bond acceptors (Lipinski definition) is 2. The molecule has 0 saturated carbocycles. The minimum atomic E-state index is 0.537. The zero-order chi connectivity index (χ0) is 7.40. The van der Waals surface area contributed by atoms with Gasteiger partial charge in [0, 0.05) is 13.3 Å². The van der Waals surface area contributed by atoms with Crippen molar-refractivity contribution < 1.29 is 4.74 Å². The average Bonchev–Trinajstić information content (AvgIpc) is 1.88. The topological polar surface area (TPSA) is 22.1 Å². The highest BCUT2D eigenvalue weighted by Crippen LogP contribution is 1.94. The molecule has 50 valence electrons.